The molecule has 0 atom stereocenters. The van der Waals surface area contributed by atoms with Crippen LogP contribution in [0.15, 0.2) is 38.8 Å². The maximum atomic E-state index is 13.4. The van der Waals surface area contributed by atoms with Crippen molar-refractivity contribution >= 4 is 37.1 Å². The molecule has 26 heavy (non-hydrogen) atoms. The van der Waals surface area contributed by atoms with Crippen molar-refractivity contribution in [1.29, 1.82) is 0 Å². The molecule has 0 amide bonds. The summed E-state index contributed by atoms with van der Waals surface area (Å²) in [6, 6.07) is 2.16. The molecule has 0 aliphatic carbocycles. The van der Waals surface area contributed by atoms with Crippen LogP contribution in [0.5, 0.6) is 0 Å². The molecule has 1 heterocycles. The van der Waals surface area contributed by atoms with Crippen LogP contribution in [0.1, 0.15) is 12.5 Å². The van der Waals surface area contributed by atoms with Gasteiger partial charge in [-0.1, -0.05) is 6.92 Å². The molecule has 0 unspecified atom stereocenters. The molecule has 0 bridgehead atoms. The highest BCUT2D eigenvalue weighted by atomic mass is 32.2. The van der Waals surface area contributed by atoms with Crippen molar-refractivity contribution in [3.8, 4) is 0 Å². The molecule has 0 saturated carbocycles. The summed E-state index contributed by atoms with van der Waals surface area (Å²) in [5.74, 6) is -0.962. The average Bonchev–Trinajstić information content (AvgIpc) is 2.99. The van der Waals surface area contributed by atoms with E-state index in [0.717, 1.165) is 17.5 Å². The van der Waals surface area contributed by atoms with Gasteiger partial charge in [-0.3, -0.25) is 4.72 Å². The Morgan fingerprint density at radius 3 is 2.27 bits per heavy atom. The zero-order valence-electron chi connectivity index (χ0n) is 13.0. The number of nitrogens with one attached hydrogen (secondary N) is 2. The number of halogens is 4. The van der Waals surface area contributed by atoms with Gasteiger partial charge in [0, 0.05) is 17.3 Å². The molecule has 0 spiro atoms. The van der Waals surface area contributed by atoms with Crippen molar-refractivity contribution < 1.29 is 34.4 Å². The quantitative estimate of drug-likeness (QED) is 0.687. The number of rotatable bonds is 6. The molecule has 0 saturated heterocycles. The van der Waals surface area contributed by atoms with Gasteiger partial charge in [-0.05, 0) is 18.2 Å². The number of alkyl halides is 3. The van der Waals surface area contributed by atoms with Crippen LogP contribution in [0.4, 0.5) is 23.2 Å². The van der Waals surface area contributed by atoms with Gasteiger partial charge in [-0.2, -0.15) is 24.5 Å². The topological polar surface area (TPSA) is 92.3 Å². The summed E-state index contributed by atoms with van der Waals surface area (Å²) < 4.78 is 105. The van der Waals surface area contributed by atoms with E-state index in [9.17, 15) is 34.4 Å². The molecular weight excluding hydrogens is 420 g/mol. The van der Waals surface area contributed by atoms with Crippen LogP contribution >= 0.6 is 11.3 Å². The number of benzene rings is 1. The Labute approximate surface area is 151 Å². The van der Waals surface area contributed by atoms with Crippen molar-refractivity contribution in [3.05, 3.63) is 40.3 Å². The van der Waals surface area contributed by atoms with Crippen LogP contribution in [0.3, 0.4) is 0 Å². The Balaban J connectivity index is 2.54. The first-order valence-corrected chi connectivity index (χ1v) is 10.7. The van der Waals surface area contributed by atoms with E-state index in [4.69, 9.17) is 0 Å². The summed E-state index contributed by atoms with van der Waals surface area (Å²) in [6.45, 7) is 1.38. The zero-order valence-corrected chi connectivity index (χ0v) is 15.4. The van der Waals surface area contributed by atoms with Gasteiger partial charge in [0.1, 0.15) is 15.6 Å². The third-order valence-corrected chi connectivity index (χ3v) is 6.92. The van der Waals surface area contributed by atoms with Crippen molar-refractivity contribution in [3.63, 3.8) is 0 Å². The Morgan fingerprint density at radius 2 is 1.69 bits per heavy atom. The summed E-state index contributed by atoms with van der Waals surface area (Å²) in [5, 5.41) is 1.39. The Kier molecular flexibility index (Phi) is 5.66. The van der Waals surface area contributed by atoms with Crippen LogP contribution in [0.25, 0.3) is 0 Å². The fraction of sp³-hybridized carbons (Fsp3) is 0.231. The first-order chi connectivity index (χ1) is 11.9. The largest absolute Gasteiger partial charge is 0.418 e. The van der Waals surface area contributed by atoms with Gasteiger partial charge in [0.05, 0.1) is 11.3 Å². The lowest BCUT2D eigenvalue weighted by molar-refractivity contribution is -0.139. The summed E-state index contributed by atoms with van der Waals surface area (Å²) >= 11 is 0.521. The van der Waals surface area contributed by atoms with E-state index in [2.05, 4.69) is 4.72 Å². The van der Waals surface area contributed by atoms with Gasteiger partial charge in [-0.15, -0.1) is 0 Å². The Morgan fingerprint density at radius 1 is 1.04 bits per heavy atom. The third kappa shape index (κ3) is 4.34. The SMILES string of the molecule is CCNS(=O)(=O)c1cc(F)ccc1NS(=O)(=O)c1cscc1C(F)(F)F. The molecule has 0 fully saturated rings. The number of anilines is 1. The predicted molar refractivity (Wildman–Crippen MR) is 87.4 cm³/mol. The second-order valence-electron chi connectivity index (χ2n) is 4.89. The molecule has 2 N–H and O–H groups in total. The maximum Gasteiger partial charge on any atom is 0.418 e. The highest BCUT2D eigenvalue weighted by Gasteiger charge is 2.38. The van der Waals surface area contributed by atoms with E-state index in [0.29, 0.717) is 22.8 Å². The molecule has 13 heteroatoms. The minimum atomic E-state index is -4.91. The van der Waals surface area contributed by atoms with Crippen LogP contribution < -0.4 is 9.44 Å². The second-order valence-corrected chi connectivity index (χ2v) is 9.02. The minimum Gasteiger partial charge on any atom is -0.278 e. The Hall–Kier alpha value is -1.70. The minimum absolute atomic E-state index is 0.0617. The molecule has 1 aromatic carbocycles. The smallest absolute Gasteiger partial charge is 0.278 e. The van der Waals surface area contributed by atoms with E-state index >= 15 is 0 Å². The van der Waals surface area contributed by atoms with Crippen molar-refractivity contribution in [2.75, 3.05) is 11.3 Å². The van der Waals surface area contributed by atoms with E-state index in [1.54, 1.807) is 4.72 Å². The lowest BCUT2D eigenvalue weighted by Crippen LogP contribution is -2.25. The fourth-order valence-electron chi connectivity index (χ4n) is 1.97. The monoisotopic (exact) mass is 432 g/mol. The van der Waals surface area contributed by atoms with E-state index < -0.39 is 53.1 Å². The molecule has 2 rings (SSSR count). The summed E-state index contributed by atoms with van der Waals surface area (Å²) in [7, 11) is -9.05. The molecule has 0 radical (unpaired) electrons. The van der Waals surface area contributed by atoms with Gasteiger partial charge in [0.15, 0.2) is 0 Å². The van der Waals surface area contributed by atoms with E-state index in [1.165, 1.54) is 6.92 Å². The zero-order chi connectivity index (χ0) is 19.8. The molecule has 6 nitrogen and oxygen atoms in total. The first-order valence-electron chi connectivity index (χ1n) is 6.84. The summed E-state index contributed by atoms with van der Waals surface area (Å²) in [5.41, 5.74) is -1.96. The molecule has 0 aliphatic rings. The van der Waals surface area contributed by atoms with Crippen molar-refractivity contribution in [1.82, 2.24) is 4.72 Å². The van der Waals surface area contributed by atoms with E-state index in [1.807, 2.05) is 0 Å². The lowest BCUT2D eigenvalue weighted by atomic mass is 10.3. The van der Waals surface area contributed by atoms with Crippen LogP contribution in [0, 0.1) is 5.82 Å². The van der Waals surface area contributed by atoms with Crippen molar-refractivity contribution in [2.24, 2.45) is 0 Å². The van der Waals surface area contributed by atoms with Gasteiger partial charge in [-0.25, -0.2) is 25.9 Å². The van der Waals surface area contributed by atoms with E-state index in [-0.39, 0.29) is 6.54 Å². The normalized spacial score (nSPS) is 13.0. The standard InChI is InChI=1S/C13H12F4N2O4S3/c1-2-18-25(20,21)11-5-8(14)3-4-10(11)19-26(22,23)12-7-24-6-9(12)13(15,16)17/h3-7,18-19H,2H2,1H3. The second kappa shape index (κ2) is 7.13. The predicted octanol–water partition coefficient (Wildman–Crippen LogP) is 3.01. The molecule has 2 aromatic rings. The first kappa shape index (κ1) is 20.6. The number of sulfonamides is 2. The van der Waals surface area contributed by atoms with Crippen LogP contribution in [-0.4, -0.2) is 23.4 Å². The molecule has 144 valence electrons. The van der Waals surface area contributed by atoms with Gasteiger partial charge < -0.3 is 0 Å². The third-order valence-electron chi connectivity index (χ3n) is 3.03. The highest BCUT2D eigenvalue weighted by molar-refractivity contribution is 7.93. The van der Waals surface area contributed by atoms with Crippen molar-refractivity contribution in [2.45, 2.75) is 22.9 Å². The fourth-order valence-corrected chi connectivity index (χ4v) is 5.75. The van der Waals surface area contributed by atoms with Crippen LogP contribution in [-0.2, 0) is 26.2 Å². The number of hydrogen-bond acceptors (Lipinski definition) is 5. The average molecular weight is 432 g/mol. The van der Waals surface area contributed by atoms with Gasteiger partial charge >= 0.3 is 6.18 Å². The molecular formula is C13H12F4N2O4S3. The number of thiophene rings is 1. The molecule has 0 aliphatic heterocycles. The van der Waals surface area contributed by atoms with Gasteiger partial charge in [0.25, 0.3) is 10.0 Å². The number of hydrogen-bond donors (Lipinski definition) is 2. The summed E-state index contributed by atoms with van der Waals surface area (Å²) in [6.07, 6.45) is -4.91. The van der Waals surface area contributed by atoms with Crippen LogP contribution in [0.2, 0.25) is 0 Å². The van der Waals surface area contributed by atoms with Gasteiger partial charge in [0.2, 0.25) is 10.0 Å². The lowest BCUT2D eigenvalue weighted by Gasteiger charge is -2.14. The Bertz CT molecular complexity index is 1010. The molecule has 1 aromatic heterocycles. The maximum absolute atomic E-state index is 13.4. The highest BCUT2D eigenvalue weighted by Crippen LogP contribution is 2.37. The summed E-state index contributed by atoms with van der Waals surface area (Å²) in [4.78, 5) is -1.79.